The number of hydrogen-bond donors (Lipinski definition) is 0. The van der Waals surface area contributed by atoms with Gasteiger partial charge in [-0.2, -0.15) is 0 Å². The van der Waals surface area contributed by atoms with Gasteiger partial charge in [-0.25, -0.2) is 8.42 Å². The molecular weight excluding hydrogens is 420 g/mol. The van der Waals surface area contributed by atoms with Crippen molar-refractivity contribution in [2.75, 3.05) is 0 Å². The van der Waals surface area contributed by atoms with E-state index in [2.05, 4.69) is 34.6 Å². The molecule has 0 saturated heterocycles. The Hall–Kier alpha value is -0.130. The van der Waals surface area contributed by atoms with Gasteiger partial charge in [0.05, 0.1) is 6.10 Å². The van der Waals surface area contributed by atoms with Gasteiger partial charge >= 0.3 is 0 Å². The van der Waals surface area contributed by atoms with Crippen molar-refractivity contribution in [3.63, 3.8) is 0 Å². The molecule has 0 amide bonds. The molecule has 4 fully saturated rings. The minimum Gasteiger partial charge on any atom is -0.726 e. The lowest BCUT2D eigenvalue weighted by Crippen LogP contribution is -2.54. The fourth-order valence-electron chi connectivity index (χ4n) is 9.50. The molecule has 0 aromatic heterocycles. The summed E-state index contributed by atoms with van der Waals surface area (Å²) in [6, 6.07) is 0. The molecule has 0 radical (unpaired) electrons. The van der Waals surface area contributed by atoms with Gasteiger partial charge in [0, 0.05) is 0 Å². The molecule has 9 atom stereocenters. The topological polar surface area (TPSA) is 66.4 Å². The van der Waals surface area contributed by atoms with Crippen LogP contribution in [-0.2, 0) is 14.6 Å². The molecule has 0 spiro atoms. The largest absolute Gasteiger partial charge is 0.726 e. The van der Waals surface area contributed by atoms with Crippen molar-refractivity contribution in [3.05, 3.63) is 0 Å². The molecule has 0 aromatic carbocycles. The zero-order valence-electron chi connectivity index (χ0n) is 21.1. The van der Waals surface area contributed by atoms with E-state index in [4.69, 9.17) is 4.18 Å². The van der Waals surface area contributed by atoms with Gasteiger partial charge in [-0.1, -0.05) is 53.9 Å². The van der Waals surface area contributed by atoms with Crippen LogP contribution in [0.25, 0.3) is 0 Å². The van der Waals surface area contributed by atoms with E-state index in [9.17, 15) is 13.0 Å². The zero-order chi connectivity index (χ0) is 23.3. The highest BCUT2D eigenvalue weighted by molar-refractivity contribution is 7.80. The molecule has 0 aliphatic heterocycles. The SMILES string of the molecule is CC(C)CCCC(C)C1CCC2C3CCC4CC(OS(=O)(=O)[O-])CCC4(C)C3CCC12C. The molecule has 4 rings (SSSR count). The van der Waals surface area contributed by atoms with Crippen molar-refractivity contribution >= 4 is 10.4 Å². The third kappa shape index (κ3) is 4.69. The Labute approximate surface area is 197 Å². The third-order valence-electron chi connectivity index (χ3n) is 11.1. The maximum Gasteiger partial charge on any atom is 0.217 e. The van der Waals surface area contributed by atoms with Crippen molar-refractivity contribution in [2.45, 2.75) is 118 Å². The molecule has 0 heterocycles. The predicted octanol–water partition coefficient (Wildman–Crippen LogP) is 6.95. The van der Waals surface area contributed by atoms with Crippen LogP contribution in [0.15, 0.2) is 0 Å². The van der Waals surface area contributed by atoms with Gasteiger partial charge in [-0.3, -0.25) is 4.18 Å². The van der Waals surface area contributed by atoms with E-state index in [-0.39, 0.29) is 5.41 Å². The standard InChI is InChI=1S/C27H48O4S/c1-18(2)7-6-8-19(3)23-11-12-24-22-10-9-20-17-21(31-32(28,29)30)13-15-26(20,4)25(22)14-16-27(23,24)5/h18-25H,6-17H2,1-5H3,(H,28,29,30)/p-1. The van der Waals surface area contributed by atoms with Crippen LogP contribution >= 0.6 is 0 Å². The third-order valence-corrected chi connectivity index (χ3v) is 11.6. The molecule has 0 aromatic rings. The first-order valence-electron chi connectivity index (χ1n) is 13.6. The van der Waals surface area contributed by atoms with E-state index in [0.29, 0.717) is 11.3 Å². The summed E-state index contributed by atoms with van der Waals surface area (Å²) < 4.78 is 38.3. The molecule has 186 valence electrons. The van der Waals surface area contributed by atoms with E-state index in [1.807, 2.05) is 0 Å². The first kappa shape index (κ1) is 25.0. The molecule has 9 unspecified atom stereocenters. The lowest BCUT2D eigenvalue weighted by molar-refractivity contribution is -0.127. The van der Waals surface area contributed by atoms with Crippen LogP contribution in [0.3, 0.4) is 0 Å². The lowest BCUT2D eigenvalue weighted by atomic mass is 9.44. The molecule has 4 nitrogen and oxygen atoms in total. The molecule has 32 heavy (non-hydrogen) atoms. The van der Waals surface area contributed by atoms with Crippen molar-refractivity contribution in [3.8, 4) is 0 Å². The van der Waals surface area contributed by atoms with E-state index in [0.717, 1.165) is 54.8 Å². The Kier molecular flexibility index (Phi) is 7.14. The molecule has 0 N–H and O–H groups in total. The van der Waals surface area contributed by atoms with Gasteiger partial charge in [-0.15, -0.1) is 0 Å². The predicted molar refractivity (Wildman–Crippen MR) is 128 cm³/mol. The Bertz CT molecular complexity index is 764. The summed E-state index contributed by atoms with van der Waals surface area (Å²) in [6.45, 7) is 12.3. The summed E-state index contributed by atoms with van der Waals surface area (Å²) in [5.41, 5.74) is 0.802. The number of hydrogen-bond acceptors (Lipinski definition) is 4. The highest BCUT2D eigenvalue weighted by Crippen LogP contribution is 2.68. The Morgan fingerprint density at radius 1 is 0.906 bits per heavy atom. The fourth-order valence-corrected chi connectivity index (χ4v) is 10.0. The van der Waals surface area contributed by atoms with Crippen LogP contribution in [0.2, 0.25) is 0 Å². The minimum absolute atomic E-state index is 0.289. The lowest BCUT2D eigenvalue weighted by Gasteiger charge is -2.61. The van der Waals surface area contributed by atoms with E-state index in [1.54, 1.807) is 0 Å². The van der Waals surface area contributed by atoms with Crippen molar-refractivity contribution in [1.82, 2.24) is 0 Å². The second kappa shape index (κ2) is 9.15. The van der Waals surface area contributed by atoms with E-state index >= 15 is 0 Å². The van der Waals surface area contributed by atoms with Gasteiger partial charge in [-0.05, 0) is 110 Å². The highest BCUT2D eigenvalue weighted by Gasteiger charge is 2.60. The van der Waals surface area contributed by atoms with Crippen LogP contribution in [0.5, 0.6) is 0 Å². The van der Waals surface area contributed by atoms with Gasteiger partial charge in [0.25, 0.3) is 0 Å². The van der Waals surface area contributed by atoms with Crippen LogP contribution in [0.4, 0.5) is 0 Å². The van der Waals surface area contributed by atoms with Gasteiger partial charge in [0.1, 0.15) is 0 Å². The average molecular weight is 468 g/mol. The molecule has 0 bridgehead atoms. The fraction of sp³-hybridized carbons (Fsp3) is 1.00. The second-order valence-corrected chi connectivity index (χ2v) is 14.1. The summed E-state index contributed by atoms with van der Waals surface area (Å²) in [6.07, 6.45) is 14.2. The summed E-state index contributed by atoms with van der Waals surface area (Å²) in [4.78, 5) is 0. The highest BCUT2D eigenvalue weighted by atomic mass is 32.3. The Balaban J connectivity index is 1.43. The van der Waals surface area contributed by atoms with Crippen LogP contribution in [0, 0.1) is 52.3 Å². The van der Waals surface area contributed by atoms with Crippen LogP contribution < -0.4 is 0 Å². The molecule has 4 aliphatic carbocycles. The summed E-state index contributed by atoms with van der Waals surface area (Å²) >= 11 is 0. The average Bonchev–Trinajstić information content (AvgIpc) is 3.04. The number of rotatable bonds is 7. The smallest absolute Gasteiger partial charge is 0.217 e. The van der Waals surface area contributed by atoms with Gasteiger partial charge in [0.15, 0.2) is 0 Å². The molecule has 5 heteroatoms. The Morgan fingerprint density at radius 2 is 1.59 bits per heavy atom. The summed E-state index contributed by atoms with van der Waals surface area (Å²) in [7, 11) is -4.60. The quantitative estimate of drug-likeness (QED) is 0.300. The minimum atomic E-state index is -4.60. The second-order valence-electron chi connectivity index (χ2n) is 13.1. The van der Waals surface area contributed by atoms with Crippen LogP contribution in [-0.4, -0.2) is 19.1 Å². The first-order chi connectivity index (χ1) is 14.9. The van der Waals surface area contributed by atoms with Gasteiger partial charge in [0.2, 0.25) is 10.4 Å². The van der Waals surface area contributed by atoms with E-state index < -0.39 is 16.5 Å². The molecule has 4 aliphatic rings. The Morgan fingerprint density at radius 3 is 2.28 bits per heavy atom. The first-order valence-corrected chi connectivity index (χ1v) is 14.9. The van der Waals surface area contributed by atoms with Crippen molar-refractivity contribution in [2.24, 2.45) is 52.3 Å². The van der Waals surface area contributed by atoms with E-state index in [1.165, 1.54) is 57.8 Å². The normalized spacial score (nSPS) is 45.2. The maximum absolute atomic E-state index is 11.1. The summed E-state index contributed by atoms with van der Waals surface area (Å²) in [5, 5.41) is 0. The van der Waals surface area contributed by atoms with Gasteiger partial charge < -0.3 is 4.55 Å². The summed E-state index contributed by atoms with van der Waals surface area (Å²) in [5.74, 6) is 5.51. The number of fused-ring (bicyclic) bond motifs is 5. The van der Waals surface area contributed by atoms with Crippen LogP contribution in [0.1, 0.15) is 112 Å². The van der Waals surface area contributed by atoms with Crippen molar-refractivity contribution in [1.29, 1.82) is 0 Å². The zero-order valence-corrected chi connectivity index (χ0v) is 22.0. The monoisotopic (exact) mass is 467 g/mol. The molecular formula is C27H47O4S-. The maximum atomic E-state index is 11.1. The molecule has 4 saturated carbocycles. The van der Waals surface area contributed by atoms with Crippen molar-refractivity contribution < 1.29 is 17.2 Å².